The SMILES string of the molecule is CC(C)c1cccc2c1OC(C)(C)c1ccccc1-2. The molecule has 1 heteroatoms. The second kappa shape index (κ2) is 4.12. The Kier molecular flexibility index (Phi) is 2.67. The zero-order valence-corrected chi connectivity index (χ0v) is 12.0. The second-order valence-electron chi connectivity index (χ2n) is 6.04. The van der Waals surface area contributed by atoms with Gasteiger partial charge in [-0.25, -0.2) is 0 Å². The third-order valence-corrected chi connectivity index (χ3v) is 3.89. The molecule has 0 spiro atoms. The fourth-order valence-electron chi connectivity index (χ4n) is 2.89. The molecule has 0 fully saturated rings. The molecule has 3 rings (SSSR count). The molecule has 0 saturated carbocycles. The molecule has 2 aromatic carbocycles. The first-order valence-corrected chi connectivity index (χ1v) is 6.92. The van der Waals surface area contributed by atoms with Gasteiger partial charge in [-0.2, -0.15) is 0 Å². The van der Waals surface area contributed by atoms with Gasteiger partial charge in [0, 0.05) is 11.1 Å². The lowest BCUT2D eigenvalue weighted by molar-refractivity contribution is 0.104. The highest BCUT2D eigenvalue weighted by atomic mass is 16.5. The predicted molar refractivity (Wildman–Crippen MR) is 79.6 cm³/mol. The van der Waals surface area contributed by atoms with Crippen molar-refractivity contribution in [1.82, 2.24) is 0 Å². The molecule has 1 aliphatic rings. The molecule has 0 saturated heterocycles. The molecule has 2 aromatic rings. The maximum Gasteiger partial charge on any atom is 0.131 e. The minimum atomic E-state index is -0.269. The number of ether oxygens (including phenoxy) is 1. The lowest BCUT2D eigenvalue weighted by atomic mass is 9.84. The molecule has 0 bridgehead atoms. The summed E-state index contributed by atoms with van der Waals surface area (Å²) in [6.07, 6.45) is 0. The van der Waals surface area contributed by atoms with Crippen LogP contribution in [0.3, 0.4) is 0 Å². The molecule has 1 heterocycles. The van der Waals surface area contributed by atoms with Crippen LogP contribution in [-0.4, -0.2) is 0 Å². The number of rotatable bonds is 1. The molecule has 0 aliphatic carbocycles. The summed E-state index contributed by atoms with van der Waals surface area (Å²) in [6, 6.07) is 15.0. The van der Waals surface area contributed by atoms with Crippen molar-refractivity contribution >= 4 is 0 Å². The van der Waals surface area contributed by atoms with E-state index in [1.54, 1.807) is 0 Å². The van der Waals surface area contributed by atoms with Crippen LogP contribution in [0.1, 0.15) is 44.7 Å². The Hall–Kier alpha value is -1.76. The highest BCUT2D eigenvalue weighted by Crippen LogP contribution is 2.47. The van der Waals surface area contributed by atoms with Crippen LogP contribution in [0.15, 0.2) is 42.5 Å². The Morgan fingerprint density at radius 3 is 2.32 bits per heavy atom. The van der Waals surface area contributed by atoms with Crippen molar-refractivity contribution in [3.63, 3.8) is 0 Å². The van der Waals surface area contributed by atoms with E-state index in [2.05, 4.69) is 70.2 Å². The zero-order chi connectivity index (χ0) is 13.6. The average molecular weight is 252 g/mol. The van der Waals surface area contributed by atoms with Gasteiger partial charge in [-0.15, -0.1) is 0 Å². The van der Waals surface area contributed by atoms with Gasteiger partial charge in [0.05, 0.1) is 0 Å². The number of para-hydroxylation sites is 1. The summed E-state index contributed by atoms with van der Waals surface area (Å²) in [5.74, 6) is 1.53. The Morgan fingerprint density at radius 1 is 0.895 bits per heavy atom. The van der Waals surface area contributed by atoms with E-state index in [-0.39, 0.29) is 5.60 Å². The first-order chi connectivity index (χ1) is 9.00. The lowest BCUT2D eigenvalue weighted by Gasteiger charge is -2.36. The minimum Gasteiger partial charge on any atom is -0.482 e. The van der Waals surface area contributed by atoms with Gasteiger partial charge in [-0.1, -0.05) is 56.3 Å². The van der Waals surface area contributed by atoms with Crippen molar-refractivity contribution in [3.05, 3.63) is 53.6 Å². The van der Waals surface area contributed by atoms with Crippen LogP contribution in [0.4, 0.5) is 0 Å². The highest BCUT2D eigenvalue weighted by molar-refractivity contribution is 5.78. The molecular weight excluding hydrogens is 232 g/mol. The summed E-state index contributed by atoms with van der Waals surface area (Å²) in [5, 5.41) is 0. The number of fused-ring (bicyclic) bond motifs is 3. The van der Waals surface area contributed by atoms with Crippen LogP contribution in [0.5, 0.6) is 5.75 Å². The maximum atomic E-state index is 6.34. The zero-order valence-electron chi connectivity index (χ0n) is 12.0. The Balaban J connectivity index is 2.31. The smallest absolute Gasteiger partial charge is 0.131 e. The molecule has 1 aliphatic heterocycles. The fraction of sp³-hybridized carbons (Fsp3) is 0.333. The Morgan fingerprint density at radius 2 is 1.58 bits per heavy atom. The highest BCUT2D eigenvalue weighted by Gasteiger charge is 2.33. The Bertz CT molecular complexity index is 623. The monoisotopic (exact) mass is 252 g/mol. The second-order valence-corrected chi connectivity index (χ2v) is 6.04. The van der Waals surface area contributed by atoms with E-state index in [0.29, 0.717) is 5.92 Å². The van der Waals surface area contributed by atoms with Gasteiger partial charge in [0.25, 0.3) is 0 Å². The average Bonchev–Trinajstić information content (AvgIpc) is 2.38. The number of hydrogen-bond acceptors (Lipinski definition) is 1. The van der Waals surface area contributed by atoms with Crippen molar-refractivity contribution < 1.29 is 4.74 Å². The van der Waals surface area contributed by atoms with E-state index < -0.39 is 0 Å². The number of benzene rings is 2. The van der Waals surface area contributed by atoms with Crippen LogP contribution >= 0.6 is 0 Å². The predicted octanol–water partition coefficient (Wildman–Crippen LogP) is 5.10. The molecule has 0 unspecified atom stereocenters. The van der Waals surface area contributed by atoms with Gasteiger partial charge < -0.3 is 4.74 Å². The van der Waals surface area contributed by atoms with E-state index >= 15 is 0 Å². The van der Waals surface area contributed by atoms with Crippen molar-refractivity contribution in [2.45, 2.75) is 39.2 Å². The molecule has 0 aromatic heterocycles. The first-order valence-electron chi connectivity index (χ1n) is 6.92. The molecule has 1 nitrogen and oxygen atoms in total. The molecule has 98 valence electrons. The molecular formula is C18H20O. The van der Waals surface area contributed by atoms with E-state index in [1.807, 2.05) is 0 Å². The summed E-state index contributed by atoms with van der Waals surface area (Å²) in [6.45, 7) is 8.72. The standard InChI is InChI=1S/C18H20O/c1-12(2)13-9-7-10-15-14-8-5-6-11-16(14)18(3,4)19-17(13)15/h5-12H,1-4H3. The van der Waals surface area contributed by atoms with E-state index in [1.165, 1.54) is 22.3 Å². The summed E-state index contributed by atoms with van der Waals surface area (Å²) in [4.78, 5) is 0. The van der Waals surface area contributed by atoms with Gasteiger partial charge >= 0.3 is 0 Å². The van der Waals surface area contributed by atoms with Gasteiger partial charge in [0.1, 0.15) is 11.4 Å². The van der Waals surface area contributed by atoms with Crippen molar-refractivity contribution in [2.24, 2.45) is 0 Å². The quantitative estimate of drug-likeness (QED) is 0.685. The fourth-order valence-corrected chi connectivity index (χ4v) is 2.89. The first kappa shape index (κ1) is 12.3. The summed E-state index contributed by atoms with van der Waals surface area (Å²) < 4.78 is 6.34. The molecule has 0 atom stereocenters. The van der Waals surface area contributed by atoms with Crippen molar-refractivity contribution in [2.75, 3.05) is 0 Å². The summed E-state index contributed by atoms with van der Waals surface area (Å²) >= 11 is 0. The summed E-state index contributed by atoms with van der Waals surface area (Å²) in [7, 11) is 0. The van der Waals surface area contributed by atoms with Crippen LogP contribution in [0.25, 0.3) is 11.1 Å². The van der Waals surface area contributed by atoms with Gasteiger partial charge in [-0.3, -0.25) is 0 Å². The molecule has 0 N–H and O–H groups in total. The van der Waals surface area contributed by atoms with Crippen LogP contribution < -0.4 is 4.74 Å². The normalized spacial score (nSPS) is 15.6. The van der Waals surface area contributed by atoms with Crippen molar-refractivity contribution in [3.8, 4) is 16.9 Å². The maximum absolute atomic E-state index is 6.34. The third-order valence-electron chi connectivity index (χ3n) is 3.89. The molecule has 19 heavy (non-hydrogen) atoms. The largest absolute Gasteiger partial charge is 0.482 e. The third kappa shape index (κ3) is 1.85. The van der Waals surface area contributed by atoms with Crippen LogP contribution in [0.2, 0.25) is 0 Å². The van der Waals surface area contributed by atoms with E-state index in [4.69, 9.17) is 4.74 Å². The number of hydrogen-bond donors (Lipinski definition) is 0. The topological polar surface area (TPSA) is 9.23 Å². The van der Waals surface area contributed by atoms with Gasteiger partial charge in [0.2, 0.25) is 0 Å². The minimum absolute atomic E-state index is 0.269. The van der Waals surface area contributed by atoms with Crippen LogP contribution in [-0.2, 0) is 5.60 Å². The van der Waals surface area contributed by atoms with E-state index in [0.717, 1.165) is 5.75 Å². The summed E-state index contributed by atoms with van der Waals surface area (Å²) in [5.41, 5.74) is 4.81. The lowest BCUT2D eigenvalue weighted by Crippen LogP contribution is -2.29. The molecule has 0 amide bonds. The van der Waals surface area contributed by atoms with Crippen LogP contribution in [0, 0.1) is 0 Å². The van der Waals surface area contributed by atoms with Crippen molar-refractivity contribution in [1.29, 1.82) is 0 Å². The van der Waals surface area contributed by atoms with Gasteiger partial charge in [-0.05, 0) is 30.9 Å². The Labute approximate surface area is 115 Å². The molecule has 0 radical (unpaired) electrons. The van der Waals surface area contributed by atoms with Gasteiger partial charge in [0.15, 0.2) is 0 Å². The van der Waals surface area contributed by atoms with E-state index in [9.17, 15) is 0 Å².